The van der Waals surface area contributed by atoms with Crippen LogP contribution in [0.2, 0.25) is 0 Å². The molecule has 2 nitrogen and oxygen atoms in total. The molecule has 0 spiro atoms. The molecule has 0 unspecified atom stereocenters. The second-order valence-electron chi connectivity index (χ2n) is 3.61. The highest BCUT2D eigenvalue weighted by molar-refractivity contribution is 5.20. The standard InChI is InChI=1S/C10H18N2/c1-5-6-10-9(8(2)3)7-12(4)11-10/h7-8H,5-6H2,1-4H3. The first kappa shape index (κ1) is 9.30. The van der Waals surface area contributed by atoms with Crippen molar-refractivity contribution in [2.45, 2.75) is 39.5 Å². The minimum atomic E-state index is 0.597. The fourth-order valence-electron chi connectivity index (χ4n) is 1.47. The maximum atomic E-state index is 4.44. The minimum Gasteiger partial charge on any atom is -0.275 e. The van der Waals surface area contributed by atoms with E-state index in [9.17, 15) is 0 Å². The van der Waals surface area contributed by atoms with E-state index in [4.69, 9.17) is 0 Å². The molecule has 12 heavy (non-hydrogen) atoms. The van der Waals surface area contributed by atoms with Gasteiger partial charge in [0, 0.05) is 13.2 Å². The van der Waals surface area contributed by atoms with Crippen LogP contribution in [0.1, 0.15) is 44.4 Å². The molecule has 0 fully saturated rings. The van der Waals surface area contributed by atoms with Gasteiger partial charge in [-0.25, -0.2) is 0 Å². The van der Waals surface area contributed by atoms with Crippen molar-refractivity contribution in [2.24, 2.45) is 7.05 Å². The van der Waals surface area contributed by atoms with Crippen LogP contribution in [-0.4, -0.2) is 9.78 Å². The van der Waals surface area contributed by atoms with Gasteiger partial charge in [-0.3, -0.25) is 4.68 Å². The van der Waals surface area contributed by atoms with Crippen molar-refractivity contribution in [3.63, 3.8) is 0 Å². The van der Waals surface area contributed by atoms with E-state index in [0.717, 1.165) is 6.42 Å². The van der Waals surface area contributed by atoms with Gasteiger partial charge in [0.2, 0.25) is 0 Å². The van der Waals surface area contributed by atoms with Crippen LogP contribution in [0.3, 0.4) is 0 Å². The average Bonchev–Trinajstić information content (AvgIpc) is 2.32. The summed E-state index contributed by atoms with van der Waals surface area (Å²) < 4.78 is 1.92. The van der Waals surface area contributed by atoms with Crippen molar-refractivity contribution < 1.29 is 0 Å². The van der Waals surface area contributed by atoms with Crippen LogP contribution in [0.5, 0.6) is 0 Å². The van der Waals surface area contributed by atoms with Gasteiger partial charge in [-0.15, -0.1) is 0 Å². The maximum Gasteiger partial charge on any atom is 0.0658 e. The molecule has 1 heterocycles. The Balaban J connectivity index is 2.92. The zero-order chi connectivity index (χ0) is 9.14. The van der Waals surface area contributed by atoms with Gasteiger partial charge >= 0.3 is 0 Å². The molecule has 1 aromatic heterocycles. The van der Waals surface area contributed by atoms with Crippen molar-refractivity contribution in [1.82, 2.24) is 9.78 Å². The summed E-state index contributed by atoms with van der Waals surface area (Å²) in [5, 5.41) is 4.44. The third kappa shape index (κ3) is 1.87. The summed E-state index contributed by atoms with van der Waals surface area (Å²) in [5.41, 5.74) is 2.68. The van der Waals surface area contributed by atoms with Crippen molar-refractivity contribution >= 4 is 0 Å². The van der Waals surface area contributed by atoms with Crippen LogP contribution in [0.4, 0.5) is 0 Å². The van der Waals surface area contributed by atoms with E-state index in [1.807, 2.05) is 11.7 Å². The van der Waals surface area contributed by atoms with E-state index in [1.165, 1.54) is 17.7 Å². The smallest absolute Gasteiger partial charge is 0.0658 e. The van der Waals surface area contributed by atoms with Crippen LogP contribution < -0.4 is 0 Å². The van der Waals surface area contributed by atoms with Gasteiger partial charge in [-0.05, 0) is 17.9 Å². The number of hydrogen-bond donors (Lipinski definition) is 0. The maximum absolute atomic E-state index is 4.44. The van der Waals surface area contributed by atoms with Crippen LogP contribution in [-0.2, 0) is 13.5 Å². The molecule has 0 N–H and O–H groups in total. The lowest BCUT2D eigenvalue weighted by Crippen LogP contribution is -1.93. The van der Waals surface area contributed by atoms with E-state index in [-0.39, 0.29) is 0 Å². The van der Waals surface area contributed by atoms with E-state index in [2.05, 4.69) is 32.1 Å². The number of hydrogen-bond acceptors (Lipinski definition) is 1. The second kappa shape index (κ2) is 3.74. The average molecular weight is 166 g/mol. The van der Waals surface area contributed by atoms with Crippen LogP contribution in [0.15, 0.2) is 6.20 Å². The Kier molecular flexibility index (Phi) is 2.90. The Morgan fingerprint density at radius 2 is 2.17 bits per heavy atom. The summed E-state index contributed by atoms with van der Waals surface area (Å²) in [5.74, 6) is 0.597. The lowest BCUT2D eigenvalue weighted by atomic mass is 10.0. The molecule has 0 atom stereocenters. The lowest BCUT2D eigenvalue weighted by Gasteiger charge is -2.02. The SMILES string of the molecule is CCCc1nn(C)cc1C(C)C. The molecule has 0 saturated heterocycles. The summed E-state index contributed by atoms with van der Waals surface area (Å²) in [7, 11) is 1.99. The first-order valence-electron chi connectivity index (χ1n) is 4.67. The molecule has 0 radical (unpaired) electrons. The highest BCUT2D eigenvalue weighted by Gasteiger charge is 2.09. The lowest BCUT2D eigenvalue weighted by molar-refractivity contribution is 0.732. The van der Waals surface area contributed by atoms with Gasteiger partial charge in [-0.1, -0.05) is 27.2 Å². The fourth-order valence-corrected chi connectivity index (χ4v) is 1.47. The quantitative estimate of drug-likeness (QED) is 0.674. The molecule has 0 aliphatic rings. The van der Waals surface area contributed by atoms with Crippen molar-refractivity contribution in [3.05, 3.63) is 17.5 Å². The Hall–Kier alpha value is -0.790. The van der Waals surface area contributed by atoms with Gasteiger partial charge in [0.05, 0.1) is 5.69 Å². The molecule has 0 aromatic carbocycles. The third-order valence-corrected chi connectivity index (χ3v) is 2.05. The molecule has 0 aliphatic carbocycles. The Bertz CT molecular complexity index is 248. The minimum absolute atomic E-state index is 0.597. The summed E-state index contributed by atoms with van der Waals surface area (Å²) in [6, 6.07) is 0. The largest absolute Gasteiger partial charge is 0.275 e. The zero-order valence-electron chi connectivity index (χ0n) is 8.46. The second-order valence-corrected chi connectivity index (χ2v) is 3.61. The monoisotopic (exact) mass is 166 g/mol. The molecule has 0 bridgehead atoms. The molecule has 0 saturated carbocycles. The van der Waals surface area contributed by atoms with Gasteiger partial charge in [0.15, 0.2) is 0 Å². The van der Waals surface area contributed by atoms with E-state index >= 15 is 0 Å². The zero-order valence-corrected chi connectivity index (χ0v) is 8.46. The Morgan fingerprint density at radius 1 is 1.50 bits per heavy atom. The molecular formula is C10H18N2. The molecular weight excluding hydrogens is 148 g/mol. The molecule has 2 heteroatoms. The van der Waals surface area contributed by atoms with Crippen molar-refractivity contribution in [1.29, 1.82) is 0 Å². The first-order valence-corrected chi connectivity index (χ1v) is 4.67. The molecule has 1 aromatic rings. The third-order valence-electron chi connectivity index (χ3n) is 2.05. The predicted molar refractivity (Wildman–Crippen MR) is 51.3 cm³/mol. The summed E-state index contributed by atoms with van der Waals surface area (Å²) in [6.45, 7) is 6.63. The van der Waals surface area contributed by atoms with Gasteiger partial charge in [0.1, 0.15) is 0 Å². The predicted octanol–water partition coefficient (Wildman–Crippen LogP) is 2.50. The molecule has 0 amide bonds. The summed E-state index contributed by atoms with van der Waals surface area (Å²) in [6.07, 6.45) is 4.42. The number of aromatic nitrogens is 2. The summed E-state index contributed by atoms with van der Waals surface area (Å²) in [4.78, 5) is 0. The van der Waals surface area contributed by atoms with Gasteiger partial charge in [0.25, 0.3) is 0 Å². The van der Waals surface area contributed by atoms with Gasteiger partial charge < -0.3 is 0 Å². The van der Waals surface area contributed by atoms with Crippen LogP contribution >= 0.6 is 0 Å². The van der Waals surface area contributed by atoms with E-state index in [1.54, 1.807) is 0 Å². The van der Waals surface area contributed by atoms with Crippen LogP contribution in [0, 0.1) is 0 Å². The fraction of sp³-hybridized carbons (Fsp3) is 0.700. The topological polar surface area (TPSA) is 17.8 Å². The highest BCUT2D eigenvalue weighted by atomic mass is 15.2. The Morgan fingerprint density at radius 3 is 2.67 bits per heavy atom. The number of nitrogens with zero attached hydrogens (tertiary/aromatic N) is 2. The number of aryl methyl sites for hydroxylation is 2. The van der Waals surface area contributed by atoms with Crippen molar-refractivity contribution in [3.8, 4) is 0 Å². The normalized spacial score (nSPS) is 11.1. The number of rotatable bonds is 3. The van der Waals surface area contributed by atoms with Crippen LogP contribution in [0.25, 0.3) is 0 Å². The highest BCUT2D eigenvalue weighted by Crippen LogP contribution is 2.18. The van der Waals surface area contributed by atoms with E-state index < -0.39 is 0 Å². The van der Waals surface area contributed by atoms with Crippen molar-refractivity contribution in [2.75, 3.05) is 0 Å². The van der Waals surface area contributed by atoms with Gasteiger partial charge in [-0.2, -0.15) is 5.10 Å². The first-order chi connectivity index (χ1) is 5.65. The molecule has 0 aliphatic heterocycles. The molecule has 1 rings (SSSR count). The summed E-state index contributed by atoms with van der Waals surface area (Å²) >= 11 is 0. The Labute approximate surface area is 74.6 Å². The van der Waals surface area contributed by atoms with E-state index in [0.29, 0.717) is 5.92 Å². The molecule has 68 valence electrons.